The van der Waals surface area contributed by atoms with Crippen molar-refractivity contribution in [2.45, 2.75) is 37.5 Å². The van der Waals surface area contributed by atoms with Crippen LogP contribution in [0.25, 0.3) is 0 Å². The van der Waals surface area contributed by atoms with Crippen LogP contribution in [0.1, 0.15) is 36.0 Å². The largest absolute Gasteiger partial charge is 0.311 e. The Kier molecular flexibility index (Phi) is 3.80. The van der Waals surface area contributed by atoms with Gasteiger partial charge in [0.1, 0.15) is 5.82 Å². The third kappa shape index (κ3) is 2.58. The molecule has 0 fully saturated rings. The summed E-state index contributed by atoms with van der Waals surface area (Å²) in [5, 5.41) is 0. The molecule has 2 heterocycles. The zero-order chi connectivity index (χ0) is 18.6. The molecule has 0 saturated heterocycles. The number of sulfonamides is 1. The summed E-state index contributed by atoms with van der Waals surface area (Å²) in [4.78, 5) is 14.3. The summed E-state index contributed by atoms with van der Waals surface area (Å²) in [5.74, 6) is -0.690. The molecule has 2 aliphatic rings. The van der Waals surface area contributed by atoms with Gasteiger partial charge in [-0.3, -0.25) is 9.52 Å². The summed E-state index contributed by atoms with van der Waals surface area (Å²) in [5.41, 5.74) is 3.57. The first-order valence-corrected chi connectivity index (χ1v) is 10.0. The molecular weight excluding hydrogens is 355 g/mol. The zero-order valence-corrected chi connectivity index (χ0v) is 15.4. The first-order valence-electron chi connectivity index (χ1n) is 8.55. The van der Waals surface area contributed by atoms with E-state index in [1.807, 2.05) is 6.92 Å². The van der Waals surface area contributed by atoms with Gasteiger partial charge in [-0.1, -0.05) is 0 Å². The number of hydrogen-bond donors (Lipinski definition) is 1. The van der Waals surface area contributed by atoms with Crippen molar-refractivity contribution >= 4 is 27.3 Å². The van der Waals surface area contributed by atoms with Crippen LogP contribution >= 0.6 is 0 Å². The van der Waals surface area contributed by atoms with Crippen molar-refractivity contribution in [2.75, 3.05) is 16.2 Å². The summed E-state index contributed by atoms with van der Waals surface area (Å²) in [6.45, 7) is 4.12. The molecule has 7 heteroatoms. The lowest BCUT2D eigenvalue weighted by atomic mass is 9.96. The fourth-order valence-corrected chi connectivity index (χ4v) is 5.15. The summed E-state index contributed by atoms with van der Waals surface area (Å²) in [6.07, 6.45) is 1.67. The van der Waals surface area contributed by atoms with E-state index in [1.165, 1.54) is 12.1 Å². The van der Waals surface area contributed by atoms with Gasteiger partial charge >= 0.3 is 0 Å². The minimum Gasteiger partial charge on any atom is -0.311 e. The predicted octanol–water partition coefficient (Wildman–Crippen LogP) is 3.33. The number of nitrogens with zero attached hydrogens (tertiary/aromatic N) is 1. The van der Waals surface area contributed by atoms with Gasteiger partial charge in [0.2, 0.25) is 5.91 Å². The smallest absolute Gasteiger partial charge is 0.262 e. The van der Waals surface area contributed by atoms with E-state index in [2.05, 4.69) is 4.72 Å². The molecule has 1 N–H and O–H groups in total. The fraction of sp³-hybridized carbons (Fsp3) is 0.316. The number of hydrogen-bond acceptors (Lipinski definition) is 3. The van der Waals surface area contributed by atoms with E-state index in [4.69, 9.17) is 0 Å². The molecule has 136 valence electrons. The third-order valence-corrected chi connectivity index (χ3v) is 6.64. The van der Waals surface area contributed by atoms with E-state index in [-0.39, 0.29) is 16.7 Å². The second-order valence-electron chi connectivity index (χ2n) is 6.90. The van der Waals surface area contributed by atoms with Crippen molar-refractivity contribution in [3.63, 3.8) is 0 Å². The third-order valence-electron chi connectivity index (χ3n) is 5.10. The van der Waals surface area contributed by atoms with Crippen molar-refractivity contribution in [3.05, 3.63) is 52.8 Å². The highest BCUT2D eigenvalue weighted by molar-refractivity contribution is 7.92. The molecule has 0 spiro atoms. The maximum Gasteiger partial charge on any atom is 0.262 e. The Morgan fingerprint density at radius 2 is 2.00 bits per heavy atom. The van der Waals surface area contributed by atoms with Crippen LogP contribution in [0, 0.1) is 12.7 Å². The molecule has 2 aliphatic heterocycles. The van der Waals surface area contributed by atoms with Crippen molar-refractivity contribution in [2.24, 2.45) is 0 Å². The Labute approximate surface area is 151 Å². The number of aryl methyl sites for hydroxylation is 2. The van der Waals surface area contributed by atoms with Crippen molar-refractivity contribution in [1.29, 1.82) is 0 Å². The number of carbonyl (C=O) groups excluding carboxylic acids is 1. The van der Waals surface area contributed by atoms with Gasteiger partial charge in [-0.05, 0) is 73.7 Å². The van der Waals surface area contributed by atoms with Gasteiger partial charge in [-0.25, -0.2) is 12.8 Å². The van der Waals surface area contributed by atoms with Crippen molar-refractivity contribution in [3.8, 4) is 0 Å². The van der Waals surface area contributed by atoms with E-state index in [0.717, 1.165) is 35.7 Å². The van der Waals surface area contributed by atoms with Crippen LogP contribution in [0.4, 0.5) is 15.8 Å². The van der Waals surface area contributed by atoms with Crippen LogP contribution in [0.5, 0.6) is 0 Å². The van der Waals surface area contributed by atoms with Gasteiger partial charge in [-0.15, -0.1) is 0 Å². The summed E-state index contributed by atoms with van der Waals surface area (Å²) >= 11 is 0. The minimum absolute atomic E-state index is 0.0406. The highest BCUT2D eigenvalue weighted by Crippen LogP contribution is 2.44. The van der Waals surface area contributed by atoms with Crippen LogP contribution in [0.2, 0.25) is 0 Å². The highest BCUT2D eigenvalue weighted by atomic mass is 32.2. The van der Waals surface area contributed by atoms with Gasteiger partial charge in [0, 0.05) is 12.2 Å². The normalized spacial score (nSPS) is 18.8. The molecule has 1 amide bonds. The lowest BCUT2D eigenvalue weighted by molar-refractivity contribution is -0.119. The SMILES string of the molecule is Cc1cc(F)ccc1S(=O)(=O)Nc1cc2c3c(c1)[C@@H](C)C(=O)N3CCC2. The van der Waals surface area contributed by atoms with Gasteiger partial charge in [0.25, 0.3) is 10.0 Å². The molecule has 5 nitrogen and oxygen atoms in total. The molecule has 1 atom stereocenters. The number of benzene rings is 2. The van der Waals surface area contributed by atoms with Crippen LogP contribution in [0.15, 0.2) is 35.2 Å². The van der Waals surface area contributed by atoms with Crippen LogP contribution in [-0.2, 0) is 21.2 Å². The second-order valence-corrected chi connectivity index (χ2v) is 8.55. The van der Waals surface area contributed by atoms with Crippen LogP contribution < -0.4 is 9.62 Å². The van der Waals surface area contributed by atoms with Gasteiger partial charge in [-0.2, -0.15) is 0 Å². The maximum atomic E-state index is 13.3. The number of halogens is 1. The number of nitrogens with one attached hydrogen (secondary N) is 1. The molecule has 26 heavy (non-hydrogen) atoms. The number of carbonyl (C=O) groups is 1. The van der Waals surface area contributed by atoms with E-state index in [0.29, 0.717) is 17.8 Å². The predicted molar refractivity (Wildman–Crippen MR) is 97.5 cm³/mol. The molecule has 0 saturated carbocycles. The molecular formula is C19H19FN2O3S. The molecule has 0 unspecified atom stereocenters. The highest BCUT2D eigenvalue weighted by Gasteiger charge is 2.38. The summed E-state index contributed by atoms with van der Waals surface area (Å²) in [7, 11) is -3.84. The molecule has 2 aromatic carbocycles. The van der Waals surface area contributed by atoms with Gasteiger partial charge in [0.15, 0.2) is 0 Å². The Hall–Kier alpha value is -2.41. The molecule has 4 rings (SSSR count). The molecule has 0 bridgehead atoms. The minimum atomic E-state index is -3.84. The Morgan fingerprint density at radius 1 is 1.23 bits per heavy atom. The average molecular weight is 374 g/mol. The maximum absolute atomic E-state index is 13.3. The van der Waals surface area contributed by atoms with E-state index >= 15 is 0 Å². The van der Waals surface area contributed by atoms with Crippen LogP contribution in [-0.4, -0.2) is 20.9 Å². The molecule has 0 aromatic heterocycles. The first-order chi connectivity index (χ1) is 12.3. The van der Waals surface area contributed by atoms with E-state index < -0.39 is 15.8 Å². The second kappa shape index (κ2) is 5.81. The van der Waals surface area contributed by atoms with E-state index in [9.17, 15) is 17.6 Å². The zero-order valence-electron chi connectivity index (χ0n) is 14.5. The fourth-order valence-electron chi connectivity index (χ4n) is 3.88. The molecule has 0 aliphatic carbocycles. The lowest BCUT2D eigenvalue weighted by Crippen LogP contribution is -2.32. The Bertz CT molecular complexity index is 1030. The van der Waals surface area contributed by atoms with Gasteiger partial charge in [0.05, 0.1) is 16.5 Å². The first kappa shape index (κ1) is 17.0. The number of rotatable bonds is 3. The van der Waals surface area contributed by atoms with Crippen molar-refractivity contribution in [1.82, 2.24) is 0 Å². The lowest BCUT2D eigenvalue weighted by Gasteiger charge is -2.26. The molecule has 2 aromatic rings. The Balaban J connectivity index is 1.75. The Morgan fingerprint density at radius 3 is 2.73 bits per heavy atom. The quantitative estimate of drug-likeness (QED) is 0.896. The topological polar surface area (TPSA) is 66.5 Å². The van der Waals surface area contributed by atoms with E-state index in [1.54, 1.807) is 24.0 Å². The summed E-state index contributed by atoms with van der Waals surface area (Å²) < 4.78 is 41.4. The monoisotopic (exact) mass is 374 g/mol. The summed E-state index contributed by atoms with van der Waals surface area (Å²) in [6, 6.07) is 7.13. The van der Waals surface area contributed by atoms with Gasteiger partial charge < -0.3 is 4.90 Å². The van der Waals surface area contributed by atoms with Crippen molar-refractivity contribution < 1.29 is 17.6 Å². The van der Waals surface area contributed by atoms with Crippen LogP contribution in [0.3, 0.4) is 0 Å². The molecule has 0 radical (unpaired) electrons. The average Bonchev–Trinajstić information content (AvgIpc) is 2.81. The number of anilines is 2. The number of amides is 1. The standard InChI is InChI=1S/C19H19FN2O3S/c1-11-8-14(20)5-6-17(11)26(24,25)21-15-9-13-4-3-7-22-18(13)16(10-15)12(2)19(22)23/h5-6,8-10,12,21H,3-4,7H2,1-2H3/t12-/m1/s1.